The molecule has 0 unspecified atom stereocenters. The molecule has 1 aliphatic rings. The van der Waals surface area contributed by atoms with Gasteiger partial charge in [-0.1, -0.05) is 0 Å². The van der Waals surface area contributed by atoms with Crippen LogP contribution in [0.25, 0.3) is 22.6 Å². The second-order valence-corrected chi connectivity index (χ2v) is 8.45. The number of hydrogen-bond donors (Lipinski definition) is 3. The number of phenolic OH excluding ortho intramolecular Hbond substituents is 1. The van der Waals surface area contributed by atoms with Crippen molar-refractivity contribution >= 4 is 35.8 Å². The van der Waals surface area contributed by atoms with Crippen LogP contribution in [0.1, 0.15) is 5.82 Å². The average molecular weight is 508 g/mol. The summed E-state index contributed by atoms with van der Waals surface area (Å²) in [6, 6.07) is 6.78. The molecule has 0 bridgehead atoms. The van der Waals surface area contributed by atoms with Crippen molar-refractivity contribution in [3.05, 3.63) is 41.9 Å². The minimum Gasteiger partial charge on any atom is -0.508 e. The first kappa shape index (κ1) is 25.9. The monoisotopic (exact) mass is 507 g/mol. The highest BCUT2D eigenvalue weighted by Crippen LogP contribution is 2.29. The summed E-state index contributed by atoms with van der Waals surface area (Å²) in [7, 11) is 3.77. The van der Waals surface area contributed by atoms with Crippen LogP contribution in [-0.2, 0) is 23.1 Å². The number of nitrogens with one attached hydrogen (secondary N) is 1. The van der Waals surface area contributed by atoms with Crippen LogP contribution in [0.5, 0.6) is 5.75 Å². The van der Waals surface area contributed by atoms with Gasteiger partial charge in [-0.3, -0.25) is 24.9 Å². The van der Waals surface area contributed by atoms with Gasteiger partial charge in [0.25, 0.3) is 5.91 Å². The van der Waals surface area contributed by atoms with Gasteiger partial charge in [-0.25, -0.2) is 20.4 Å². The minimum atomic E-state index is -0.729. The molecule has 0 spiro atoms. The van der Waals surface area contributed by atoms with Crippen molar-refractivity contribution in [1.29, 1.82) is 0 Å². The van der Waals surface area contributed by atoms with Crippen LogP contribution < -0.4 is 10.4 Å². The molecule has 3 N–H and O–H groups in total. The molecule has 1 saturated heterocycles. The number of imidazole rings is 1. The van der Waals surface area contributed by atoms with Gasteiger partial charge in [0.2, 0.25) is 0 Å². The second-order valence-electron chi connectivity index (χ2n) is 8.45. The fourth-order valence-corrected chi connectivity index (χ4v) is 3.85. The normalized spacial score (nSPS) is 14.6. The minimum absolute atomic E-state index is 0.0702. The van der Waals surface area contributed by atoms with E-state index in [4.69, 9.17) is 24.9 Å². The number of amides is 1. The number of hydroxylamine groups is 1. The summed E-state index contributed by atoms with van der Waals surface area (Å²) in [5.74, 6) is 1.48. The third kappa shape index (κ3) is 5.97. The molecular weight excluding hydrogens is 478 g/mol. The van der Waals surface area contributed by atoms with Crippen molar-refractivity contribution in [3.63, 3.8) is 0 Å². The Morgan fingerprint density at radius 1 is 1.24 bits per heavy atom. The molecule has 3 heterocycles. The van der Waals surface area contributed by atoms with Gasteiger partial charge in [0, 0.05) is 38.1 Å². The largest absolute Gasteiger partial charge is 0.508 e. The molecule has 0 radical (unpaired) electrons. The molecule has 1 aromatic carbocycles. The van der Waals surface area contributed by atoms with E-state index in [1.54, 1.807) is 29.7 Å². The molecule has 2 aromatic heterocycles. The zero-order chi connectivity index (χ0) is 26.4. The number of aryl methyl sites for hydroxylation is 1. The van der Waals surface area contributed by atoms with Gasteiger partial charge in [-0.2, -0.15) is 0 Å². The number of rotatable bonds is 9. The Morgan fingerprint density at radius 2 is 1.97 bits per heavy atom. The van der Waals surface area contributed by atoms with Crippen molar-refractivity contribution in [3.8, 4) is 17.1 Å². The average Bonchev–Trinajstić information content (AvgIpc) is 3.22. The summed E-state index contributed by atoms with van der Waals surface area (Å²) in [5, 5.41) is 18.5. The highest BCUT2D eigenvalue weighted by molar-refractivity contribution is 6.11. The quantitative estimate of drug-likeness (QED) is 0.167. The van der Waals surface area contributed by atoms with E-state index in [9.17, 15) is 9.90 Å². The fourth-order valence-electron chi connectivity index (χ4n) is 3.85. The topological polar surface area (TPSA) is 154 Å². The number of aliphatic imine (C=N–C) groups is 2. The molecule has 0 aliphatic carbocycles. The Hall–Kier alpha value is -4.20. The first-order valence-electron chi connectivity index (χ1n) is 11.6. The van der Waals surface area contributed by atoms with Gasteiger partial charge < -0.3 is 19.3 Å². The second kappa shape index (κ2) is 11.7. The molecule has 1 fully saturated rings. The lowest BCUT2D eigenvalue weighted by atomic mass is 10.2. The van der Waals surface area contributed by atoms with Crippen LogP contribution in [0, 0.1) is 0 Å². The summed E-state index contributed by atoms with van der Waals surface area (Å²) in [6.07, 6.45) is 2.52. The maximum absolute atomic E-state index is 11.6. The van der Waals surface area contributed by atoms with E-state index in [1.807, 2.05) is 23.6 Å². The highest BCUT2D eigenvalue weighted by atomic mass is 16.5. The van der Waals surface area contributed by atoms with Crippen LogP contribution in [0.15, 0.2) is 46.0 Å². The Morgan fingerprint density at radius 3 is 2.65 bits per heavy atom. The van der Waals surface area contributed by atoms with Crippen LogP contribution in [0.4, 0.5) is 5.82 Å². The Bertz CT molecular complexity index is 1330. The van der Waals surface area contributed by atoms with Crippen molar-refractivity contribution in [2.24, 2.45) is 17.0 Å². The van der Waals surface area contributed by atoms with Crippen LogP contribution >= 0.6 is 0 Å². The van der Waals surface area contributed by atoms with Gasteiger partial charge in [0.1, 0.15) is 11.6 Å². The zero-order valence-electron chi connectivity index (χ0n) is 20.7. The first-order valence-corrected chi connectivity index (χ1v) is 11.6. The van der Waals surface area contributed by atoms with Gasteiger partial charge in [-0.15, -0.1) is 0 Å². The molecule has 37 heavy (non-hydrogen) atoms. The number of morpholine rings is 1. The Balaban J connectivity index is 1.63. The first-order chi connectivity index (χ1) is 17.9. The summed E-state index contributed by atoms with van der Waals surface area (Å²) < 4.78 is 7.45. The van der Waals surface area contributed by atoms with E-state index in [-0.39, 0.29) is 18.0 Å². The third-order valence-corrected chi connectivity index (χ3v) is 5.79. The molecular formula is C24H29N9O4. The zero-order valence-corrected chi connectivity index (χ0v) is 20.7. The predicted molar refractivity (Wildman–Crippen MR) is 139 cm³/mol. The Labute approximate surface area is 213 Å². The smallest absolute Gasteiger partial charge is 0.277 e. The van der Waals surface area contributed by atoms with Crippen LogP contribution in [0.3, 0.4) is 0 Å². The summed E-state index contributed by atoms with van der Waals surface area (Å²) >= 11 is 0. The summed E-state index contributed by atoms with van der Waals surface area (Å²) in [6.45, 7) is 6.62. The molecule has 0 saturated carbocycles. The van der Waals surface area contributed by atoms with Gasteiger partial charge in [0.05, 0.1) is 32.0 Å². The number of nitrogens with zero attached hydrogens (tertiary/aromatic N) is 8. The number of aromatic nitrogens is 4. The molecule has 194 valence electrons. The van der Waals surface area contributed by atoms with Crippen LogP contribution in [0.2, 0.25) is 0 Å². The van der Waals surface area contributed by atoms with E-state index in [0.717, 1.165) is 17.2 Å². The predicted octanol–water partition coefficient (Wildman–Crippen LogP) is 1.12. The lowest BCUT2D eigenvalue weighted by Crippen LogP contribution is -2.37. The fraction of sp³-hybridized carbons (Fsp3) is 0.333. The van der Waals surface area contributed by atoms with Gasteiger partial charge in [0.15, 0.2) is 22.8 Å². The lowest BCUT2D eigenvalue weighted by Gasteiger charge is -2.28. The molecule has 1 aliphatic heterocycles. The number of benzene rings is 1. The van der Waals surface area contributed by atoms with Gasteiger partial charge >= 0.3 is 0 Å². The summed E-state index contributed by atoms with van der Waals surface area (Å²) in [5.41, 5.74) is 3.79. The number of carbonyl (C=O) groups is 1. The molecule has 4 rings (SSSR count). The van der Waals surface area contributed by atoms with Crippen LogP contribution in [-0.4, -0.2) is 93.6 Å². The molecule has 1 amide bonds. The van der Waals surface area contributed by atoms with E-state index < -0.39 is 5.91 Å². The number of hydrogen-bond acceptors (Lipinski definition) is 11. The van der Waals surface area contributed by atoms with E-state index in [2.05, 4.69) is 21.6 Å². The molecule has 0 atom stereocenters. The SMILES string of the molecule is C=N/C=C(\C=N/CN(C)Cc1nc2c(N3CCOCC3)nc(-c3ccc(O)cc3)nc2n1C)C(=O)NO. The van der Waals surface area contributed by atoms with E-state index in [1.165, 1.54) is 12.4 Å². The molecule has 13 nitrogen and oxygen atoms in total. The van der Waals surface area contributed by atoms with Crippen molar-refractivity contribution < 1.29 is 19.8 Å². The van der Waals surface area contributed by atoms with E-state index >= 15 is 0 Å². The summed E-state index contributed by atoms with van der Waals surface area (Å²) in [4.78, 5) is 38.1. The number of ether oxygens (including phenoxy) is 1. The standard InChI is InChI=1S/C24H29N9O4/c1-25-12-17(24(35)30-36)13-26-15-31(2)14-19-27-20-22(32(19)3)28-21(16-4-6-18(34)7-5-16)29-23(20)33-8-10-37-11-9-33/h4-7,12-13,34,36H,1,8-11,14-15H2,2-3H3,(H,30,35)/b17-12+,26-13-. The number of carbonyl (C=O) groups excluding carboxylic acids is 1. The highest BCUT2D eigenvalue weighted by Gasteiger charge is 2.23. The van der Waals surface area contributed by atoms with E-state index in [0.29, 0.717) is 49.8 Å². The number of fused-ring (bicyclic) bond motifs is 1. The third-order valence-electron chi connectivity index (χ3n) is 5.79. The van der Waals surface area contributed by atoms with Crippen molar-refractivity contribution in [2.75, 3.05) is 44.9 Å². The number of anilines is 1. The Kier molecular flexibility index (Phi) is 8.18. The van der Waals surface area contributed by atoms with Crippen molar-refractivity contribution in [1.82, 2.24) is 29.9 Å². The molecule has 13 heteroatoms. The number of aromatic hydroxyl groups is 1. The number of phenols is 1. The maximum atomic E-state index is 11.6. The van der Waals surface area contributed by atoms with Gasteiger partial charge in [-0.05, 0) is 38.0 Å². The maximum Gasteiger partial charge on any atom is 0.277 e. The molecule has 3 aromatic rings. The van der Waals surface area contributed by atoms with Crippen molar-refractivity contribution in [2.45, 2.75) is 6.54 Å². The lowest BCUT2D eigenvalue weighted by molar-refractivity contribution is -0.124.